The maximum Gasteiger partial charge on any atom is 0.251 e. The van der Waals surface area contributed by atoms with E-state index < -0.39 is 0 Å². The summed E-state index contributed by atoms with van der Waals surface area (Å²) in [5.41, 5.74) is 1.86. The fourth-order valence-corrected chi connectivity index (χ4v) is 2.04. The molecule has 0 aromatic heterocycles. The summed E-state index contributed by atoms with van der Waals surface area (Å²) >= 11 is 3.48. The Bertz CT molecular complexity index is 407. The topological polar surface area (TPSA) is 29.1 Å². The van der Waals surface area contributed by atoms with Crippen molar-refractivity contribution in [3.8, 4) is 0 Å². The van der Waals surface area contributed by atoms with E-state index in [9.17, 15) is 4.79 Å². The number of rotatable bonds is 4. The normalized spacial score (nSPS) is 13.2. The van der Waals surface area contributed by atoms with E-state index >= 15 is 0 Å². The highest BCUT2D eigenvalue weighted by molar-refractivity contribution is 9.09. The largest absolute Gasteiger partial charge is 0.352 e. The van der Waals surface area contributed by atoms with E-state index in [0.29, 0.717) is 11.4 Å². The Hall–Kier alpha value is -0.830. The molecule has 0 saturated carbocycles. The Morgan fingerprint density at radius 1 is 1.33 bits per heavy atom. The van der Waals surface area contributed by atoms with Gasteiger partial charge in [0.1, 0.15) is 0 Å². The van der Waals surface area contributed by atoms with E-state index in [-0.39, 0.29) is 11.3 Å². The van der Waals surface area contributed by atoms with Crippen molar-refractivity contribution >= 4 is 21.8 Å². The third kappa shape index (κ3) is 4.45. The molecule has 2 nitrogen and oxygen atoms in total. The van der Waals surface area contributed by atoms with E-state index in [1.807, 2.05) is 24.3 Å². The molecule has 0 bridgehead atoms. The van der Waals surface area contributed by atoms with Crippen LogP contribution in [0, 0.1) is 0 Å². The van der Waals surface area contributed by atoms with Crippen LogP contribution in [0.5, 0.6) is 0 Å². The van der Waals surface area contributed by atoms with E-state index in [4.69, 9.17) is 0 Å². The minimum atomic E-state index is -0.0172. The van der Waals surface area contributed by atoms with Crippen molar-refractivity contribution < 1.29 is 4.79 Å². The quantitative estimate of drug-likeness (QED) is 0.840. The predicted molar refractivity (Wildman–Crippen MR) is 80.5 cm³/mol. The van der Waals surface area contributed by atoms with Gasteiger partial charge in [-0.2, -0.15) is 0 Å². The Morgan fingerprint density at radius 3 is 2.50 bits per heavy atom. The Morgan fingerprint density at radius 2 is 1.94 bits per heavy atom. The molecule has 18 heavy (non-hydrogen) atoms. The second-order valence-electron chi connectivity index (χ2n) is 5.62. The highest BCUT2D eigenvalue weighted by atomic mass is 79.9. The Balaban J connectivity index is 2.80. The van der Waals surface area contributed by atoms with Crippen molar-refractivity contribution in [1.82, 2.24) is 5.32 Å². The second-order valence-corrected chi connectivity index (χ2v) is 7.18. The van der Waals surface area contributed by atoms with Crippen molar-refractivity contribution in [2.45, 2.75) is 44.4 Å². The SMILES string of the molecule is CC(Br)CCNC(=O)c1ccccc1C(C)(C)C. The van der Waals surface area contributed by atoms with Gasteiger partial charge in [-0.25, -0.2) is 0 Å². The fraction of sp³-hybridized carbons (Fsp3) is 0.533. The standard InChI is InChI=1S/C15H22BrNO/c1-11(16)9-10-17-14(18)12-7-5-6-8-13(12)15(2,3)4/h5-8,11H,9-10H2,1-4H3,(H,17,18). The summed E-state index contributed by atoms with van der Waals surface area (Å²) in [7, 11) is 0. The zero-order valence-corrected chi connectivity index (χ0v) is 13.2. The number of benzene rings is 1. The molecule has 0 heterocycles. The van der Waals surface area contributed by atoms with Gasteiger partial charge in [0.25, 0.3) is 5.91 Å². The average molecular weight is 312 g/mol. The molecular formula is C15H22BrNO. The van der Waals surface area contributed by atoms with Gasteiger partial charge in [-0.3, -0.25) is 4.79 Å². The van der Waals surface area contributed by atoms with Gasteiger partial charge in [-0.1, -0.05) is 61.8 Å². The lowest BCUT2D eigenvalue weighted by molar-refractivity contribution is 0.0951. The number of halogens is 1. The summed E-state index contributed by atoms with van der Waals surface area (Å²) in [4.78, 5) is 12.6. The molecule has 1 aromatic rings. The highest BCUT2D eigenvalue weighted by Crippen LogP contribution is 2.25. The minimum Gasteiger partial charge on any atom is -0.352 e. The van der Waals surface area contributed by atoms with Gasteiger partial charge in [-0.15, -0.1) is 0 Å². The number of carbonyl (C=O) groups is 1. The van der Waals surface area contributed by atoms with E-state index in [2.05, 4.69) is 48.9 Å². The Kier molecular flexibility index (Phi) is 5.39. The van der Waals surface area contributed by atoms with Crippen molar-refractivity contribution in [2.75, 3.05) is 6.54 Å². The molecule has 3 heteroatoms. The maximum absolute atomic E-state index is 12.2. The first-order valence-corrected chi connectivity index (χ1v) is 7.25. The van der Waals surface area contributed by atoms with Crippen molar-refractivity contribution in [3.63, 3.8) is 0 Å². The second kappa shape index (κ2) is 6.37. The van der Waals surface area contributed by atoms with Crippen molar-refractivity contribution in [1.29, 1.82) is 0 Å². The van der Waals surface area contributed by atoms with Crippen LogP contribution in [0.4, 0.5) is 0 Å². The van der Waals surface area contributed by atoms with Gasteiger partial charge >= 0.3 is 0 Å². The van der Waals surface area contributed by atoms with Crippen LogP contribution in [-0.2, 0) is 5.41 Å². The number of alkyl halides is 1. The first-order chi connectivity index (χ1) is 8.32. The zero-order valence-electron chi connectivity index (χ0n) is 11.6. The van der Waals surface area contributed by atoms with Gasteiger partial charge in [-0.05, 0) is 23.5 Å². The predicted octanol–water partition coefficient (Wildman–Crippen LogP) is 3.89. The van der Waals surface area contributed by atoms with Gasteiger partial charge in [0, 0.05) is 16.9 Å². The van der Waals surface area contributed by atoms with E-state index in [1.54, 1.807) is 0 Å². The lowest BCUT2D eigenvalue weighted by atomic mass is 9.83. The summed E-state index contributed by atoms with van der Waals surface area (Å²) in [5, 5.41) is 2.97. The summed E-state index contributed by atoms with van der Waals surface area (Å²) in [6.45, 7) is 9.15. The third-order valence-electron chi connectivity index (χ3n) is 2.81. The van der Waals surface area contributed by atoms with Crippen LogP contribution in [0.3, 0.4) is 0 Å². The lowest BCUT2D eigenvalue weighted by Gasteiger charge is -2.22. The van der Waals surface area contributed by atoms with Crippen molar-refractivity contribution in [2.24, 2.45) is 0 Å². The number of nitrogens with one attached hydrogen (secondary N) is 1. The number of amides is 1. The van der Waals surface area contributed by atoms with Crippen LogP contribution in [0.2, 0.25) is 0 Å². The molecule has 100 valence electrons. The molecule has 1 atom stereocenters. The van der Waals surface area contributed by atoms with Crippen LogP contribution < -0.4 is 5.32 Å². The molecule has 0 aliphatic heterocycles. The first-order valence-electron chi connectivity index (χ1n) is 6.34. The van der Waals surface area contributed by atoms with Crippen LogP contribution in [-0.4, -0.2) is 17.3 Å². The number of hydrogen-bond acceptors (Lipinski definition) is 1. The van der Waals surface area contributed by atoms with Gasteiger partial charge < -0.3 is 5.32 Å². The van der Waals surface area contributed by atoms with Crippen LogP contribution in [0.1, 0.15) is 50.0 Å². The molecule has 0 aliphatic carbocycles. The molecule has 0 spiro atoms. The molecule has 0 radical (unpaired) electrons. The Labute approximate surface area is 118 Å². The van der Waals surface area contributed by atoms with E-state index in [1.165, 1.54) is 0 Å². The first kappa shape index (κ1) is 15.2. The molecule has 1 aromatic carbocycles. The fourth-order valence-electron chi connectivity index (χ4n) is 1.81. The van der Waals surface area contributed by atoms with Crippen LogP contribution in [0.25, 0.3) is 0 Å². The van der Waals surface area contributed by atoms with E-state index in [0.717, 1.165) is 17.5 Å². The molecular weight excluding hydrogens is 290 g/mol. The molecule has 1 unspecified atom stereocenters. The van der Waals surface area contributed by atoms with Gasteiger partial charge in [0.05, 0.1) is 0 Å². The van der Waals surface area contributed by atoms with Crippen LogP contribution in [0.15, 0.2) is 24.3 Å². The molecule has 0 fully saturated rings. The third-order valence-corrected chi connectivity index (χ3v) is 3.27. The van der Waals surface area contributed by atoms with Crippen molar-refractivity contribution in [3.05, 3.63) is 35.4 Å². The van der Waals surface area contributed by atoms with Gasteiger partial charge in [0.15, 0.2) is 0 Å². The maximum atomic E-state index is 12.2. The summed E-state index contributed by atoms with van der Waals surface area (Å²) in [6.07, 6.45) is 0.934. The van der Waals surface area contributed by atoms with Crippen LogP contribution >= 0.6 is 15.9 Å². The molecule has 1 N–H and O–H groups in total. The monoisotopic (exact) mass is 311 g/mol. The average Bonchev–Trinajstić information content (AvgIpc) is 2.27. The van der Waals surface area contributed by atoms with Gasteiger partial charge in [0.2, 0.25) is 0 Å². The highest BCUT2D eigenvalue weighted by Gasteiger charge is 2.20. The molecule has 1 amide bonds. The zero-order chi connectivity index (χ0) is 13.8. The smallest absolute Gasteiger partial charge is 0.251 e. The number of carbonyl (C=O) groups excluding carboxylic acids is 1. The molecule has 0 aliphatic rings. The summed E-state index contributed by atoms with van der Waals surface area (Å²) < 4.78 is 0. The molecule has 0 saturated heterocycles. The summed E-state index contributed by atoms with van der Waals surface area (Å²) in [6, 6.07) is 7.82. The lowest BCUT2D eigenvalue weighted by Crippen LogP contribution is -2.28. The number of hydrogen-bond donors (Lipinski definition) is 1. The summed E-state index contributed by atoms with van der Waals surface area (Å²) in [5.74, 6) is 0.0219. The minimum absolute atomic E-state index is 0.0172. The molecule has 1 rings (SSSR count).